The Labute approximate surface area is 187 Å². The molecule has 0 aliphatic heterocycles. The Bertz CT molecular complexity index is 707. The standard InChI is InChI=1S/C29H48O/c1-18-12-19-16-24(29(8,9)10)26(30-11)25(23(19)13-18)20-14-21(27(2,3)4)17-22(15-20)28(5,6)7/h14-15,17-19,23-26H,12-13,16H2,1-11H3. The van der Waals surface area contributed by atoms with Crippen LogP contribution in [-0.2, 0) is 15.6 Å². The van der Waals surface area contributed by atoms with E-state index >= 15 is 0 Å². The lowest BCUT2D eigenvalue weighted by molar-refractivity contribution is -0.0688. The molecule has 0 amide bonds. The third kappa shape index (κ3) is 4.67. The van der Waals surface area contributed by atoms with Crippen molar-refractivity contribution in [3.8, 4) is 0 Å². The van der Waals surface area contributed by atoms with E-state index in [9.17, 15) is 0 Å². The highest BCUT2D eigenvalue weighted by atomic mass is 16.5. The molecule has 6 atom stereocenters. The first-order valence-corrected chi connectivity index (χ1v) is 12.3. The van der Waals surface area contributed by atoms with E-state index in [1.807, 2.05) is 7.11 Å². The lowest BCUT2D eigenvalue weighted by Gasteiger charge is -2.49. The molecule has 2 aliphatic carbocycles. The van der Waals surface area contributed by atoms with E-state index < -0.39 is 0 Å². The van der Waals surface area contributed by atoms with Gasteiger partial charge < -0.3 is 4.74 Å². The van der Waals surface area contributed by atoms with E-state index in [2.05, 4.69) is 87.4 Å². The van der Waals surface area contributed by atoms with Crippen LogP contribution in [0.2, 0.25) is 0 Å². The molecule has 30 heavy (non-hydrogen) atoms. The predicted molar refractivity (Wildman–Crippen MR) is 130 cm³/mol. The van der Waals surface area contributed by atoms with Gasteiger partial charge in [0.05, 0.1) is 6.10 Å². The monoisotopic (exact) mass is 412 g/mol. The Morgan fingerprint density at radius 3 is 1.73 bits per heavy atom. The summed E-state index contributed by atoms with van der Waals surface area (Å²) in [6.45, 7) is 23.9. The van der Waals surface area contributed by atoms with E-state index in [1.165, 1.54) is 36.0 Å². The molecule has 1 aromatic rings. The van der Waals surface area contributed by atoms with E-state index in [-0.39, 0.29) is 16.2 Å². The van der Waals surface area contributed by atoms with Crippen molar-refractivity contribution < 1.29 is 4.74 Å². The van der Waals surface area contributed by atoms with Crippen LogP contribution >= 0.6 is 0 Å². The molecule has 6 unspecified atom stereocenters. The summed E-state index contributed by atoms with van der Waals surface area (Å²) in [7, 11) is 1.97. The largest absolute Gasteiger partial charge is 0.381 e. The lowest BCUT2D eigenvalue weighted by atomic mass is 9.58. The molecule has 1 aromatic carbocycles. The van der Waals surface area contributed by atoms with Crippen molar-refractivity contribution in [1.82, 2.24) is 0 Å². The second-order valence-electron chi connectivity index (χ2n) is 13.8. The van der Waals surface area contributed by atoms with Gasteiger partial charge >= 0.3 is 0 Å². The van der Waals surface area contributed by atoms with Crippen LogP contribution in [0.3, 0.4) is 0 Å². The summed E-state index contributed by atoms with van der Waals surface area (Å²) in [5, 5.41) is 0. The van der Waals surface area contributed by atoms with Crippen molar-refractivity contribution in [1.29, 1.82) is 0 Å². The van der Waals surface area contributed by atoms with Crippen molar-refractivity contribution in [3.63, 3.8) is 0 Å². The number of methoxy groups -OCH3 is 1. The first-order chi connectivity index (χ1) is 13.6. The highest BCUT2D eigenvalue weighted by Crippen LogP contribution is 2.57. The summed E-state index contributed by atoms with van der Waals surface area (Å²) in [5.41, 5.74) is 5.06. The average Bonchev–Trinajstić information content (AvgIpc) is 2.97. The van der Waals surface area contributed by atoms with Gasteiger partial charge in [0.2, 0.25) is 0 Å². The zero-order valence-electron chi connectivity index (χ0n) is 21.7. The first kappa shape index (κ1) is 23.8. The van der Waals surface area contributed by atoms with Gasteiger partial charge in [-0.3, -0.25) is 0 Å². The maximum atomic E-state index is 6.39. The predicted octanol–water partition coefficient (Wildman–Crippen LogP) is 8.11. The highest BCUT2D eigenvalue weighted by Gasteiger charge is 2.51. The molecule has 0 spiro atoms. The van der Waals surface area contributed by atoms with Crippen LogP contribution in [0.4, 0.5) is 0 Å². The van der Waals surface area contributed by atoms with Crippen molar-refractivity contribution in [2.45, 2.75) is 111 Å². The molecule has 0 aromatic heterocycles. The first-order valence-electron chi connectivity index (χ1n) is 12.3. The molecule has 0 heterocycles. The van der Waals surface area contributed by atoms with Gasteiger partial charge in [0.1, 0.15) is 0 Å². The minimum absolute atomic E-state index is 0.152. The molecule has 0 radical (unpaired) electrons. The molecular formula is C29H48O. The molecule has 1 nitrogen and oxygen atoms in total. The van der Waals surface area contributed by atoms with Crippen LogP contribution < -0.4 is 0 Å². The molecule has 3 rings (SSSR count). The van der Waals surface area contributed by atoms with E-state index in [1.54, 1.807) is 0 Å². The molecule has 2 fully saturated rings. The number of hydrogen-bond donors (Lipinski definition) is 0. The number of fused-ring (bicyclic) bond motifs is 1. The summed E-state index contributed by atoms with van der Waals surface area (Å²) in [4.78, 5) is 0. The van der Waals surface area contributed by atoms with Gasteiger partial charge in [-0.1, -0.05) is 87.4 Å². The van der Waals surface area contributed by atoms with E-state index in [0.29, 0.717) is 17.9 Å². The Balaban J connectivity index is 2.18. The quantitative estimate of drug-likeness (QED) is 0.476. The van der Waals surface area contributed by atoms with Gasteiger partial charge in [-0.15, -0.1) is 0 Å². The van der Waals surface area contributed by atoms with E-state index in [0.717, 1.165) is 17.8 Å². The van der Waals surface area contributed by atoms with Gasteiger partial charge in [0.15, 0.2) is 0 Å². The molecule has 0 bridgehead atoms. The molecular weight excluding hydrogens is 364 g/mol. The van der Waals surface area contributed by atoms with Crippen LogP contribution in [0, 0.1) is 29.1 Å². The van der Waals surface area contributed by atoms with Gasteiger partial charge in [-0.25, -0.2) is 0 Å². The number of ether oxygens (including phenoxy) is 1. The molecule has 2 saturated carbocycles. The molecule has 0 N–H and O–H groups in total. The topological polar surface area (TPSA) is 9.23 Å². The van der Waals surface area contributed by atoms with Gasteiger partial charge in [0.25, 0.3) is 0 Å². The van der Waals surface area contributed by atoms with Crippen LogP contribution in [0.25, 0.3) is 0 Å². The summed E-state index contributed by atoms with van der Waals surface area (Å²) in [5.74, 6) is 3.55. The minimum Gasteiger partial charge on any atom is -0.381 e. The lowest BCUT2D eigenvalue weighted by Crippen LogP contribution is -2.46. The van der Waals surface area contributed by atoms with Gasteiger partial charge in [-0.05, 0) is 75.9 Å². The highest BCUT2D eigenvalue weighted by molar-refractivity contribution is 5.40. The van der Waals surface area contributed by atoms with E-state index in [4.69, 9.17) is 4.74 Å². The third-order valence-electron chi connectivity index (χ3n) is 8.21. The fourth-order valence-electron chi connectivity index (χ4n) is 6.41. The Hall–Kier alpha value is -0.820. The summed E-state index contributed by atoms with van der Waals surface area (Å²) >= 11 is 0. The second kappa shape index (κ2) is 7.95. The van der Waals surface area contributed by atoms with Crippen molar-refractivity contribution in [2.75, 3.05) is 7.11 Å². The molecule has 2 aliphatic rings. The Morgan fingerprint density at radius 2 is 1.30 bits per heavy atom. The van der Waals surface area contributed by atoms with Crippen molar-refractivity contribution in [3.05, 3.63) is 34.9 Å². The third-order valence-corrected chi connectivity index (χ3v) is 8.21. The minimum atomic E-state index is 0.152. The normalized spacial score (nSPS) is 32.9. The average molecular weight is 413 g/mol. The SMILES string of the molecule is COC1C(c2cc(C(C)(C)C)cc(C(C)(C)C)c2)C2CC(C)CC2CC1C(C)(C)C. The van der Waals surface area contributed by atoms with Gasteiger partial charge in [-0.2, -0.15) is 0 Å². The fourth-order valence-corrected chi connectivity index (χ4v) is 6.41. The summed E-state index contributed by atoms with van der Waals surface area (Å²) in [6.07, 6.45) is 4.39. The smallest absolute Gasteiger partial charge is 0.0675 e. The van der Waals surface area contributed by atoms with Crippen molar-refractivity contribution >= 4 is 0 Å². The van der Waals surface area contributed by atoms with Crippen LogP contribution in [0.15, 0.2) is 18.2 Å². The van der Waals surface area contributed by atoms with Gasteiger partial charge in [0, 0.05) is 13.0 Å². The second-order valence-corrected chi connectivity index (χ2v) is 13.8. The van der Waals surface area contributed by atoms with Crippen LogP contribution in [-0.4, -0.2) is 13.2 Å². The summed E-state index contributed by atoms with van der Waals surface area (Å²) < 4.78 is 6.39. The zero-order chi connectivity index (χ0) is 22.6. The molecule has 170 valence electrons. The molecule has 0 saturated heterocycles. The maximum Gasteiger partial charge on any atom is 0.0675 e. The van der Waals surface area contributed by atoms with Crippen LogP contribution in [0.5, 0.6) is 0 Å². The van der Waals surface area contributed by atoms with Crippen LogP contribution in [0.1, 0.15) is 111 Å². The molecule has 1 heteroatoms. The van der Waals surface area contributed by atoms with Crippen molar-refractivity contribution in [2.24, 2.45) is 29.1 Å². The number of benzene rings is 1. The Morgan fingerprint density at radius 1 is 0.767 bits per heavy atom. The fraction of sp³-hybridized carbons (Fsp3) is 0.793. The number of rotatable bonds is 2. The Kier molecular flexibility index (Phi) is 6.31. The summed E-state index contributed by atoms with van der Waals surface area (Å²) in [6, 6.07) is 7.54. The maximum absolute atomic E-state index is 6.39. The number of hydrogen-bond acceptors (Lipinski definition) is 1. The zero-order valence-corrected chi connectivity index (χ0v) is 21.7.